The third-order valence-corrected chi connectivity index (χ3v) is 14.2. The monoisotopic (exact) mass is 783 g/mol. The molecule has 6 fully saturated rings. The number of alkyl halides is 3. The normalized spacial score (nSPS) is 23.4. The largest absolute Gasteiger partial charge is 0.481 e. The van der Waals surface area contributed by atoms with Crippen molar-refractivity contribution in [3.8, 4) is 16.9 Å². The first-order valence-electron chi connectivity index (χ1n) is 20.6. The third-order valence-electron chi connectivity index (χ3n) is 14.2. The number of nitrogens with zero attached hydrogens (tertiary/aromatic N) is 8. The number of likely N-dealkylation sites (tertiary alicyclic amines) is 2. The van der Waals surface area contributed by atoms with Gasteiger partial charge >= 0.3 is 6.18 Å². The molecule has 0 radical (unpaired) electrons. The van der Waals surface area contributed by atoms with E-state index in [2.05, 4.69) is 56.5 Å². The standard InChI is InChI=1S/C43H52F3N9O2/c1-5-34(56)54-21-41(22-54)11-14-52(15-12-41)39-31-16-30(27-7-8-27)36(35-26(2)6-9-33-32(35)19-47-50-33)38(57-25-43(44,45)46)37(31)48-40(49-39)55-23-42(24-55)17-29(18-42)53-13-10-28(20-53)51(3)4/h5-6,9,16,19,27-29H,1,7-8,10-15,17-18,20-25H2,2-4H3,(H,47,50)/t28-/m1/s1. The molecule has 11 nitrogen and oxygen atoms in total. The van der Waals surface area contributed by atoms with Crippen LogP contribution in [0.1, 0.15) is 62.0 Å². The highest BCUT2D eigenvalue weighted by Crippen LogP contribution is 2.55. The lowest BCUT2D eigenvalue weighted by molar-refractivity contribution is -0.153. The Morgan fingerprint density at radius 2 is 1.75 bits per heavy atom. The summed E-state index contributed by atoms with van der Waals surface area (Å²) in [5.74, 6) is 1.63. The molecule has 4 aliphatic heterocycles. The fourth-order valence-electron chi connectivity index (χ4n) is 10.8. The van der Waals surface area contributed by atoms with Gasteiger partial charge in [0.25, 0.3) is 0 Å². The number of aryl methyl sites for hydroxylation is 1. The fourth-order valence-corrected chi connectivity index (χ4v) is 10.8. The maximum atomic E-state index is 14.2. The molecule has 1 N–H and O–H groups in total. The highest BCUT2D eigenvalue weighted by atomic mass is 19.4. The van der Waals surface area contributed by atoms with E-state index in [9.17, 15) is 18.0 Å². The number of anilines is 2. The Morgan fingerprint density at radius 1 is 1.00 bits per heavy atom. The van der Waals surface area contributed by atoms with Crippen molar-refractivity contribution in [2.24, 2.45) is 10.8 Å². The van der Waals surface area contributed by atoms with Crippen LogP contribution in [0.4, 0.5) is 24.9 Å². The molecule has 0 bridgehead atoms. The van der Waals surface area contributed by atoms with Crippen molar-refractivity contribution in [2.45, 2.75) is 76.0 Å². The number of rotatable bonds is 9. The maximum absolute atomic E-state index is 14.2. The van der Waals surface area contributed by atoms with E-state index in [1.54, 1.807) is 6.20 Å². The quantitative estimate of drug-likeness (QED) is 0.191. The number of fused-ring (bicyclic) bond motifs is 2. The predicted octanol–water partition coefficient (Wildman–Crippen LogP) is 6.52. The van der Waals surface area contributed by atoms with Gasteiger partial charge in [0.1, 0.15) is 11.3 Å². The van der Waals surface area contributed by atoms with E-state index in [1.807, 2.05) is 24.0 Å². The Morgan fingerprint density at radius 3 is 2.42 bits per heavy atom. The van der Waals surface area contributed by atoms with Crippen molar-refractivity contribution < 1.29 is 22.7 Å². The van der Waals surface area contributed by atoms with Gasteiger partial charge in [-0.2, -0.15) is 23.3 Å². The minimum atomic E-state index is -4.55. The van der Waals surface area contributed by atoms with E-state index in [0.29, 0.717) is 29.1 Å². The molecule has 57 heavy (non-hydrogen) atoms. The van der Waals surface area contributed by atoms with Crippen LogP contribution in [0.2, 0.25) is 0 Å². The van der Waals surface area contributed by atoms with Crippen LogP contribution in [0.5, 0.6) is 5.75 Å². The molecule has 2 aromatic carbocycles. The zero-order valence-corrected chi connectivity index (χ0v) is 33.2. The van der Waals surface area contributed by atoms with Crippen LogP contribution in [-0.2, 0) is 4.79 Å². The number of halogens is 3. The molecule has 2 saturated carbocycles. The summed E-state index contributed by atoms with van der Waals surface area (Å²) in [5, 5.41) is 8.95. The molecular formula is C43H52F3N9O2. The molecule has 2 aromatic heterocycles. The summed E-state index contributed by atoms with van der Waals surface area (Å²) >= 11 is 0. The van der Waals surface area contributed by atoms with Gasteiger partial charge in [-0.3, -0.25) is 14.8 Å². The van der Waals surface area contributed by atoms with Crippen LogP contribution in [0.25, 0.3) is 32.9 Å². The minimum absolute atomic E-state index is 0.0334. The summed E-state index contributed by atoms with van der Waals surface area (Å²) in [7, 11) is 4.34. The van der Waals surface area contributed by atoms with Gasteiger partial charge in [-0.25, -0.2) is 4.98 Å². The van der Waals surface area contributed by atoms with Gasteiger partial charge in [0.15, 0.2) is 12.4 Å². The molecule has 1 atom stereocenters. The number of amides is 1. The smallest absolute Gasteiger partial charge is 0.422 e. The van der Waals surface area contributed by atoms with Gasteiger partial charge in [0.05, 0.1) is 11.7 Å². The number of hydrogen-bond donors (Lipinski definition) is 1. The number of nitrogens with one attached hydrogen (secondary N) is 1. The Balaban J connectivity index is 1.05. The number of likely N-dealkylation sites (N-methyl/N-ethyl adjacent to an activating group) is 1. The van der Waals surface area contributed by atoms with Crippen LogP contribution >= 0.6 is 0 Å². The van der Waals surface area contributed by atoms with Crippen LogP contribution in [0, 0.1) is 17.8 Å². The predicted molar refractivity (Wildman–Crippen MR) is 215 cm³/mol. The van der Waals surface area contributed by atoms with Crippen LogP contribution in [0.15, 0.2) is 37.1 Å². The SMILES string of the molecule is C=CC(=O)N1CC2(CCN(c3nc(N4CC5(CC(N6CC[C@@H](N(C)C)C6)C5)C4)nc4c(OCC(F)(F)F)c(-c5c(C)ccc6[nH]ncc56)c(C5CC5)cc34)CC2)C1. The Kier molecular flexibility index (Phi) is 8.61. The first-order chi connectivity index (χ1) is 27.3. The topological polar surface area (TPSA) is 97.0 Å². The molecule has 4 saturated heterocycles. The molecule has 6 aliphatic rings. The van der Waals surface area contributed by atoms with Gasteiger partial charge in [-0.15, -0.1) is 0 Å². The molecule has 2 spiro atoms. The summed E-state index contributed by atoms with van der Waals surface area (Å²) in [6.45, 7) is 11.0. The second kappa shape index (κ2) is 13.3. The summed E-state index contributed by atoms with van der Waals surface area (Å²) in [5.41, 5.74) is 4.91. The van der Waals surface area contributed by atoms with E-state index < -0.39 is 12.8 Å². The molecule has 6 heterocycles. The Labute approximate surface area is 331 Å². The van der Waals surface area contributed by atoms with Crippen LogP contribution < -0.4 is 14.5 Å². The van der Waals surface area contributed by atoms with Crippen LogP contribution in [0.3, 0.4) is 0 Å². The Bertz CT molecular complexity index is 2240. The van der Waals surface area contributed by atoms with Gasteiger partial charge in [0, 0.05) is 91.6 Å². The first kappa shape index (κ1) is 36.9. The molecule has 302 valence electrons. The first-order valence-corrected chi connectivity index (χ1v) is 20.6. The number of piperidine rings is 1. The van der Waals surface area contributed by atoms with Crippen molar-refractivity contribution >= 4 is 39.5 Å². The summed E-state index contributed by atoms with van der Waals surface area (Å²) < 4.78 is 48.6. The van der Waals surface area contributed by atoms with E-state index in [-0.39, 0.29) is 28.4 Å². The fraction of sp³-hybridized carbons (Fsp3) is 0.581. The molecular weight excluding hydrogens is 732 g/mol. The lowest BCUT2D eigenvalue weighted by atomic mass is 9.60. The van der Waals surface area contributed by atoms with Gasteiger partial charge in [0.2, 0.25) is 11.9 Å². The van der Waals surface area contributed by atoms with Gasteiger partial charge in [-0.05, 0) is 107 Å². The lowest BCUT2D eigenvalue weighted by Crippen LogP contribution is -2.67. The zero-order chi connectivity index (χ0) is 39.4. The third kappa shape index (κ3) is 6.41. The number of aromatic amines is 1. The second-order valence-electron chi connectivity index (χ2n) is 18.4. The molecule has 1 amide bonds. The summed E-state index contributed by atoms with van der Waals surface area (Å²) in [6.07, 6.45) is 5.75. The van der Waals surface area contributed by atoms with E-state index in [0.717, 1.165) is 130 Å². The average Bonchev–Trinajstić information content (AvgIpc) is 3.66. The Hall–Kier alpha value is -4.43. The van der Waals surface area contributed by atoms with Crippen molar-refractivity contribution in [1.29, 1.82) is 0 Å². The van der Waals surface area contributed by atoms with Gasteiger partial charge < -0.3 is 24.3 Å². The van der Waals surface area contributed by atoms with Crippen molar-refractivity contribution in [1.82, 2.24) is 34.9 Å². The van der Waals surface area contributed by atoms with Crippen molar-refractivity contribution in [3.05, 3.63) is 48.2 Å². The number of carbonyl (C=O) groups excluding carboxylic acids is 1. The number of H-pyrrole nitrogens is 1. The number of ether oxygens (including phenoxy) is 1. The maximum Gasteiger partial charge on any atom is 0.422 e. The molecule has 4 aromatic rings. The van der Waals surface area contributed by atoms with E-state index in [4.69, 9.17) is 14.7 Å². The summed E-state index contributed by atoms with van der Waals surface area (Å²) in [4.78, 5) is 34.2. The number of aromatic nitrogens is 4. The number of carbonyl (C=O) groups is 1. The second-order valence-corrected chi connectivity index (χ2v) is 18.4. The molecule has 0 unspecified atom stereocenters. The zero-order valence-electron chi connectivity index (χ0n) is 33.2. The highest BCUT2D eigenvalue weighted by molar-refractivity contribution is 6.06. The number of hydrogen-bond acceptors (Lipinski definition) is 9. The average molecular weight is 784 g/mol. The summed E-state index contributed by atoms with van der Waals surface area (Å²) in [6, 6.07) is 7.30. The van der Waals surface area contributed by atoms with E-state index in [1.165, 1.54) is 12.5 Å². The molecule has 10 rings (SSSR count). The minimum Gasteiger partial charge on any atom is -0.481 e. The van der Waals surface area contributed by atoms with Crippen LogP contribution in [-0.4, -0.2) is 132 Å². The molecule has 2 aliphatic carbocycles. The van der Waals surface area contributed by atoms with Crippen molar-refractivity contribution in [3.63, 3.8) is 0 Å². The lowest BCUT2D eigenvalue weighted by Gasteiger charge is -2.60. The highest BCUT2D eigenvalue weighted by Gasteiger charge is 2.55. The molecule has 14 heteroatoms. The number of benzene rings is 2. The van der Waals surface area contributed by atoms with Crippen molar-refractivity contribution in [2.75, 3.05) is 82.9 Å². The van der Waals surface area contributed by atoms with Gasteiger partial charge in [-0.1, -0.05) is 12.6 Å². The van der Waals surface area contributed by atoms with E-state index >= 15 is 0 Å².